The van der Waals surface area contributed by atoms with E-state index in [4.69, 9.17) is 15.1 Å². The Balaban J connectivity index is 2.74. The maximum atomic E-state index is 11.2. The molecule has 0 heterocycles. The normalized spacial score (nSPS) is 24.6. The fraction of sp³-hybridized carbons (Fsp3) is 0.833. The maximum Gasteiger partial charge on any atom is 0.431 e. The van der Waals surface area contributed by atoms with Crippen molar-refractivity contribution < 1.29 is 24.6 Å². The van der Waals surface area contributed by atoms with Crippen LogP contribution in [0.5, 0.6) is 0 Å². The maximum absolute atomic E-state index is 11.2. The Morgan fingerprint density at radius 3 is 2.28 bits per heavy atom. The Kier molecular flexibility index (Phi) is 4.56. The van der Waals surface area contributed by atoms with Gasteiger partial charge in [0.25, 0.3) is 0 Å². The third kappa shape index (κ3) is 4.18. The van der Waals surface area contributed by atoms with Crippen molar-refractivity contribution in [1.29, 1.82) is 0 Å². The topological polar surface area (TPSA) is 87.1 Å². The van der Waals surface area contributed by atoms with Crippen LogP contribution in [0.1, 0.15) is 46.5 Å². The van der Waals surface area contributed by atoms with E-state index in [1.54, 1.807) is 20.8 Å². The van der Waals surface area contributed by atoms with Crippen molar-refractivity contribution >= 4 is 12.1 Å². The average Bonchev–Trinajstić information content (AvgIpc) is 2.24. The van der Waals surface area contributed by atoms with Crippen molar-refractivity contribution in [1.82, 2.24) is 5.06 Å². The molecule has 18 heavy (non-hydrogen) atoms. The third-order valence-electron chi connectivity index (χ3n) is 2.89. The van der Waals surface area contributed by atoms with Gasteiger partial charge in [-0.15, -0.1) is 0 Å². The summed E-state index contributed by atoms with van der Waals surface area (Å²) in [6, 6.07) is -0.378. The zero-order valence-corrected chi connectivity index (χ0v) is 11.0. The van der Waals surface area contributed by atoms with Crippen LogP contribution in [0.25, 0.3) is 0 Å². The van der Waals surface area contributed by atoms with Gasteiger partial charge >= 0.3 is 12.1 Å². The molecular weight excluding hydrogens is 238 g/mol. The highest BCUT2D eigenvalue weighted by Crippen LogP contribution is 2.29. The molecule has 0 aromatic heterocycles. The van der Waals surface area contributed by atoms with Crippen molar-refractivity contribution in [3.8, 4) is 0 Å². The molecule has 1 aliphatic rings. The summed E-state index contributed by atoms with van der Waals surface area (Å²) >= 11 is 0. The van der Waals surface area contributed by atoms with E-state index in [9.17, 15) is 9.59 Å². The van der Waals surface area contributed by atoms with E-state index in [-0.39, 0.29) is 6.04 Å². The second kappa shape index (κ2) is 5.56. The molecule has 0 aliphatic heterocycles. The Labute approximate surface area is 106 Å². The number of amides is 1. The minimum absolute atomic E-state index is 0.317. The first-order valence-corrected chi connectivity index (χ1v) is 6.15. The van der Waals surface area contributed by atoms with Crippen LogP contribution in [-0.2, 0) is 9.63 Å². The van der Waals surface area contributed by atoms with Crippen LogP contribution in [0.3, 0.4) is 0 Å². The summed E-state index contributed by atoms with van der Waals surface area (Å²) in [4.78, 5) is 27.6. The van der Waals surface area contributed by atoms with E-state index < -0.39 is 23.6 Å². The summed E-state index contributed by atoms with van der Waals surface area (Å²) in [5.74, 6) is -1.34. The predicted octanol–water partition coefficient (Wildman–Crippen LogP) is 2.34. The molecule has 6 heteroatoms. The molecular formula is C12H21NO5. The predicted molar refractivity (Wildman–Crippen MR) is 64.1 cm³/mol. The highest BCUT2D eigenvalue weighted by Gasteiger charge is 2.35. The molecule has 2 N–H and O–H groups in total. The number of aliphatic carboxylic acids is 1. The van der Waals surface area contributed by atoms with Gasteiger partial charge in [-0.25, -0.2) is 4.79 Å². The van der Waals surface area contributed by atoms with Crippen LogP contribution in [-0.4, -0.2) is 39.0 Å². The van der Waals surface area contributed by atoms with Crippen LogP contribution in [0.4, 0.5) is 4.79 Å². The van der Waals surface area contributed by atoms with Crippen LogP contribution in [0.15, 0.2) is 0 Å². The van der Waals surface area contributed by atoms with E-state index in [0.717, 1.165) is 5.06 Å². The molecule has 0 saturated heterocycles. The average molecular weight is 259 g/mol. The van der Waals surface area contributed by atoms with Gasteiger partial charge in [-0.1, -0.05) is 6.42 Å². The number of nitrogens with zero attached hydrogens (tertiary/aromatic N) is 1. The van der Waals surface area contributed by atoms with E-state index in [1.165, 1.54) is 0 Å². The number of hydroxylamine groups is 2. The smallest absolute Gasteiger partial charge is 0.431 e. The fourth-order valence-corrected chi connectivity index (χ4v) is 2.17. The first kappa shape index (κ1) is 14.8. The summed E-state index contributed by atoms with van der Waals surface area (Å²) in [5.41, 5.74) is -0.617. The molecule has 1 fully saturated rings. The minimum Gasteiger partial charge on any atom is -0.481 e. The van der Waals surface area contributed by atoms with Crippen LogP contribution in [0, 0.1) is 5.92 Å². The summed E-state index contributed by atoms with van der Waals surface area (Å²) in [6.07, 6.45) is 1.11. The quantitative estimate of drug-likeness (QED) is 0.759. The molecule has 0 bridgehead atoms. The highest BCUT2D eigenvalue weighted by molar-refractivity contribution is 5.70. The third-order valence-corrected chi connectivity index (χ3v) is 2.89. The number of rotatable bonds is 3. The molecule has 1 aliphatic carbocycles. The lowest BCUT2D eigenvalue weighted by molar-refractivity contribution is -0.228. The summed E-state index contributed by atoms with van der Waals surface area (Å²) in [6.45, 7) is 5.29. The van der Waals surface area contributed by atoms with Gasteiger partial charge in [0, 0.05) is 0 Å². The molecule has 1 rings (SSSR count). The van der Waals surface area contributed by atoms with Gasteiger partial charge in [0.1, 0.15) is 0 Å². The van der Waals surface area contributed by atoms with Gasteiger partial charge in [-0.2, -0.15) is 5.06 Å². The largest absolute Gasteiger partial charge is 0.481 e. The zero-order valence-electron chi connectivity index (χ0n) is 11.0. The number of hydrogen-bond acceptors (Lipinski definition) is 3. The molecule has 6 nitrogen and oxygen atoms in total. The highest BCUT2D eigenvalue weighted by atomic mass is 16.7. The van der Waals surface area contributed by atoms with Crippen molar-refractivity contribution in [3.63, 3.8) is 0 Å². The number of carboxylic acids is 1. The Morgan fingerprint density at radius 1 is 1.22 bits per heavy atom. The van der Waals surface area contributed by atoms with Crippen LogP contribution < -0.4 is 0 Å². The Morgan fingerprint density at radius 2 is 1.83 bits per heavy atom. The summed E-state index contributed by atoms with van der Waals surface area (Å²) in [7, 11) is 0. The lowest BCUT2D eigenvalue weighted by atomic mass is 9.85. The Hall–Kier alpha value is -1.30. The van der Waals surface area contributed by atoms with E-state index in [1.807, 2.05) is 0 Å². The molecule has 104 valence electrons. The zero-order chi connectivity index (χ0) is 13.9. The van der Waals surface area contributed by atoms with Gasteiger partial charge < -0.3 is 10.2 Å². The molecule has 0 radical (unpaired) electrons. The molecule has 0 aromatic rings. The SMILES string of the molecule is CC(C)(C)ON(C(=O)O)[C@@H]1CCC[C@H](C(=O)O)C1. The first-order valence-electron chi connectivity index (χ1n) is 6.15. The van der Waals surface area contributed by atoms with Crippen molar-refractivity contribution in [2.24, 2.45) is 5.92 Å². The van der Waals surface area contributed by atoms with Crippen molar-refractivity contribution in [3.05, 3.63) is 0 Å². The van der Waals surface area contributed by atoms with Crippen LogP contribution >= 0.6 is 0 Å². The van der Waals surface area contributed by atoms with Crippen molar-refractivity contribution in [2.45, 2.75) is 58.1 Å². The first-order chi connectivity index (χ1) is 8.20. The van der Waals surface area contributed by atoms with Gasteiger partial charge in [0.05, 0.1) is 17.6 Å². The van der Waals surface area contributed by atoms with Gasteiger partial charge in [0.2, 0.25) is 0 Å². The van der Waals surface area contributed by atoms with Crippen LogP contribution in [0.2, 0.25) is 0 Å². The standard InChI is InChI=1S/C12H21NO5/c1-12(2,3)18-13(11(16)17)9-6-4-5-8(7-9)10(14)15/h8-9H,4-7H2,1-3H3,(H,14,15)(H,16,17)/t8-,9+/m0/s1. The number of carboxylic acid groups (broad SMARTS) is 2. The number of carbonyl (C=O) groups is 2. The van der Waals surface area contributed by atoms with Crippen molar-refractivity contribution in [2.75, 3.05) is 0 Å². The molecule has 1 saturated carbocycles. The monoisotopic (exact) mass is 259 g/mol. The van der Waals surface area contributed by atoms with E-state index in [0.29, 0.717) is 25.7 Å². The second-order valence-corrected chi connectivity index (χ2v) is 5.67. The fourth-order valence-electron chi connectivity index (χ4n) is 2.17. The molecule has 0 spiro atoms. The second-order valence-electron chi connectivity index (χ2n) is 5.67. The summed E-state index contributed by atoms with van der Waals surface area (Å²) in [5, 5.41) is 19.1. The van der Waals surface area contributed by atoms with E-state index in [2.05, 4.69) is 0 Å². The van der Waals surface area contributed by atoms with Gasteiger partial charge in [-0.3, -0.25) is 9.63 Å². The lowest BCUT2D eigenvalue weighted by Gasteiger charge is -2.37. The minimum atomic E-state index is -1.17. The molecule has 0 aromatic carbocycles. The molecule has 1 amide bonds. The van der Waals surface area contributed by atoms with E-state index >= 15 is 0 Å². The lowest BCUT2D eigenvalue weighted by Crippen LogP contribution is -2.46. The van der Waals surface area contributed by atoms with Gasteiger partial charge in [-0.05, 0) is 40.0 Å². The number of hydrogen-bond donors (Lipinski definition) is 2. The van der Waals surface area contributed by atoms with Gasteiger partial charge in [0.15, 0.2) is 0 Å². The Bertz CT molecular complexity index is 323. The molecule has 2 atom stereocenters. The molecule has 0 unspecified atom stereocenters. The summed E-state index contributed by atoms with van der Waals surface area (Å²) < 4.78 is 0.